The summed E-state index contributed by atoms with van der Waals surface area (Å²) in [7, 11) is 0. The first-order valence-electron chi connectivity index (χ1n) is 7.41. The maximum Gasteiger partial charge on any atom is 0.119 e. The molecule has 0 saturated heterocycles. The molecule has 112 valence electrons. The van der Waals surface area contributed by atoms with Gasteiger partial charge in [-0.2, -0.15) is 0 Å². The van der Waals surface area contributed by atoms with Gasteiger partial charge in [0, 0.05) is 0 Å². The minimum Gasteiger partial charge on any atom is -0.491 e. The van der Waals surface area contributed by atoms with Crippen LogP contribution in [0, 0.1) is 20.8 Å². The molecule has 2 heteroatoms. The Morgan fingerprint density at radius 2 is 1.43 bits per heavy atom. The van der Waals surface area contributed by atoms with Gasteiger partial charge in [-0.05, 0) is 69.0 Å². The number of hydrogen-bond donors (Lipinski definition) is 1. The van der Waals surface area contributed by atoms with Crippen molar-refractivity contribution in [2.45, 2.75) is 46.8 Å². The van der Waals surface area contributed by atoms with Gasteiger partial charge in [0.1, 0.15) is 11.9 Å². The summed E-state index contributed by atoms with van der Waals surface area (Å²) in [6.07, 6.45) is -0.443. The van der Waals surface area contributed by atoms with E-state index in [-0.39, 0.29) is 6.10 Å². The number of hydrogen-bond acceptors (Lipinski definition) is 2. The number of ether oxygens (including phenoxy) is 1. The van der Waals surface area contributed by atoms with E-state index in [0.717, 1.165) is 28.0 Å². The molecule has 2 nitrogen and oxygen atoms in total. The van der Waals surface area contributed by atoms with E-state index in [1.165, 1.54) is 5.56 Å². The third kappa shape index (κ3) is 3.64. The number of benzene rings is 2. The Hall–Kier alpha value is -1.80. The molecule has 0 saturated carbocycles. The molecule has 1 atom stereocenters. The van der Waals surface area contributed by atoms with Crippen LogP contribution in [-0.4, -0.2) is 11.2 Å². The summed E-state index contributed by atoms with van der Waals surface area (Å²) >= 11 is 0. The standard InChI is InChI=1S/C19H24O2/c1-12(2)21-17-8-6-16(7-9-17)19(20)18-14(4)10-13(3)11-15(18)5/h6-12,19-20H,1-5H3. The van der Waals surface area contributed by atoms with E-state index in [0.29, 0.717) is 0 Å². The second-order valence-electron chi connectivity index (χ2n) is 5.95. The minimum atomic E-state index is -0.598. The Labute approximate surface area is 127 Å². The molecular weight excluding hydrogens is 260 g/mol. The average molecular weight is 284 g/mol. The smallest absolute Gasteiger partial charge is 0.119 e. The Bertz CT molecular complexity index is 589. The van der Waals surface area contributed by atoms with Gasteiger partial charge >= 0.3 is 0 Å². The van der Waals surface area contributed by atoms with Gasteiger partial charge in [-0.15, -0.1) is 0 Å². The maximum atomic E-state index is 10.7. The van der Waals surface area contributed by atoms with Crippen molar-refractivity contribution in [3.63, 3.8) is 0 Å². The van der Waals surface area contributed by atoms with Gasteiger partial charge in [0.15, 0.2) is 0 Å². The maximum absolute atomic E-state index is 10.7. The van der Waals surface area contributed by atoms with Crippen molar-refractivity contribution in [2.24, 2.45) is 0 Å². The van der Waals surface area contributed by atoms with E-state index in [1.807, 2.05) is 38.1 Å². The molecular formula is C19H24O2. The van der Waals surface area contributed by atoms with Crippen molar-refractivity contribution >= 4 is 0 Å². The van der Waals surface area contributed by atoms with Gasteiger partial charge in [-0.1, -0.05) is 29.8 Å². The summed E-state index contributed by atoms with van der Waals surface area (Å²) < 4.78 is 5.64. The lowest BCUT2D eigenvalue weighted by atomic mass is 9.92. The first-order valence-corrected chi connectivity index (χ1v) is 7.41. The molecule has 0 aliphatic carbocycles. The van der Waals surface area contributed by atoms with Crippen LogP contribution >= 0.6 is 0 Å². The van der Waals surface area contributed by atoms with Crippen molar-refractivity contribution in [1.82, 2.24) is 0 Å². The summed E-state index contributed by atoms with van der Waals surface area (Å²) in [4.78, 5) is 0. The Kier molecular flexibility index (Phi) is 4.69. The topological polar surface area (TPSA) is 29.5 Å². The van der Waals surface area contributed by atoms with Gasteiger partial charge in [-0.25, -0.2) is 0 Å². The van der Waals surface area contributed by atoms with Gasteiger partial charge in [-0.3, -0.25) is 0 Å². The number of aliphatic hydroxyl groups is 1. The van der Waals surface area contributed by atoms with Crippen LogP contribution < -0.4 is 4.74 Å². The molecule has 21 heavy (non-hydrogen) atoms. The highest BCUT2D eigenvalue weighted by atomic mass is 16.5. The van der Waals surface area contributed by atoms with Crippen LogP contribution in [0.25, 0.3) is 0 Å². The first-order chi connectivity index (χ1) is 9.88. The normalized spacial score (nSPS) is 12.5. The van der Waals surface area contributed by atoms with Crippen molar-refractivity contribution in [3.8, 4) is 5.75 Å². The zero-order chi connectivity index (χ0) is 15.6. The third-order valence-electron chi connectivity index (χ3n) is 3.58. The van der Waals surface area contributed by atoms with Crippen LogP contribution in [-0.2, 0) is 0 Å². The molecule has 1 N–H and O–H groups in total. The number of aryl methyl sites for hydroxylation is 3. The Morgan fingerprint density at radius 3 is 1.90 bits per heavy atom. The molecule has 0 amide bonds. The second kappa shape index (κ2) is 6.31. The zero-order valence-electron chi connectivity index (χ0n) is 13.5. The molecule has 0 aliphatic heterocycles. The van der Waals surface area contributed by atoms with Crippen molar-refractivity contribution < 1.29 is 9.84 Å². The fourth-order valence-corrected chi connectivity index (χ4v) is 2.79. The second-order valence-corrected chi connectivity index (χ2v) is 5.95. The van der Waals surface area contributed by atoms with Crippen LogP contribution in [0.1, 0.15) is 47.8 Å². The molecule has 0 heterocycles. The summed E-state index contributed by atoms with van der Waals surface area (Å²) in [6, 6.07) is 11.9. The predicted molar refractivity (Wildman–Crippen MR) is 86.9 cm³/mol. The largest absolute Gasteiger partial charge is 0.491 e. The van der Waals surface area contributed by atoms with Gasteiger partial charge in [0.25, 0.3) is 0 Å². The minimum absolute atomic E-state index is 0.155. The van der Waals surface area contributed by atoms with Crippen LogP contribution in [0.15, 0.2) is 36.4 Å². The molecule has 2 rings (SSSR count). The fraction of sp³-hybridized carbons (Fsp3) is 0.368. The van der Waals surface area contributed by atoms with Gasteiger partial charge < -0.3 is 9.84 Å². The highest BCUT2D eigenvalue weighted by molar-refractivity contribution is 5.43. The highest BCUT2D eigenvalue weighted by Crippen LogP contribution is 2.29. The monoisotopic (exact) mass is 284 g/mol. The molecule has 0 fully saturated rings. The van der Waals surface area contributed by atoms with E-state index in [2.05, 4.69) is 32.9 Å². The lowest BCUT2D eigenvalue weighted by Gasteiger charge is -2.18. The van der Waals surface area contributed by atoms with E-state index < -0.39 is 6.10 Å². The lowest BCUT2D eigenvalue weighted by Crippen LogP contribution is -2.07. The molecule has 0 radical (unpaired) electrons. The molecule has 2 aromatic rings. The van der Waals surface area contributed by atoms with Crippen LogP contribution in [0.3, 0.4) is 0 Å². The van der Waals surface area contributed by atoms with E-state index in [1.54, 1.807) is 0 Å². The summed E-state index contributed by atoms with van der Waals surface area (Å²) in [6.45, 7) is 10.2. The molecule has 0 aromatic heterocycles. The van der Waals surface area contributed by atoms with Crippen molar-refractivity contribution in [1.29, 1.82) is 0 Å². The van der Waals surface area contributed by atoms with Crippen LogP contribution in [0.4, 0.5) is 0 Å². The van der Waals surface area contributed by atoms with Crippen LogP contribution in [0.2, 0.25) is 0 Å². The number of aliphatic hydroxyl groups excluding tert-OH is 1. The predicted octanol–water partition coefficient (Wildman–Crippen LogP) is 4.48. The Balaban J connectivity index is 2.30. The molecule has 0 bridgehead atoms. The summed E-state index contributed by atoms with van der Waals surface area (Å²) in [5.74, 6) is 0.832. The summed E-state index contributed by atoms with van der Waals surface area (Å²) in [5, 5.41) is 10.7. The van der Waals surface area contributed by atoms with E-state index in [9.17, 15) is 5.11 Å². The van der Waals surface area contributed by atoms with Gasteiger partial charge in [0.2, 0.25) is 0 Å². The average Bonchev–Trinajstić information content (AvgIpc) is 2.37. The first kappa shape index (κ1) is 15.6. The number of rotatable bonds is 4. The van der Waals surface area contributed by atoms with Crippen LogP contribution in [0.5, 0.6) is 5.75 Å². The zero-order valence-corrected chi connectivity index (χ0v) is 13.5. The van der Waals surface area contributed by atoms with Crippen molar-refractivity contribution in [2.75, 3.05) is 0 Å². The van der Waals surface area contributed by atoms with Gasteiger partial charge in [0.05, 0.1) is 6.10 Å². The van der Waals surface area contributed by atoms with E-state index >= 15 is 0 Å². The Morgan fingerprint density at radius 1 is 0.905 bits per heavy atom. The van der Waals surface area contributed by atoms with Crippen molar-refractivity contribution in [3.05, 3.63) is 64.2 Å². The third-order valence-corrected chi connectivity index (χ3v) is 3.58. The lowest BCUT2D eigenvalue weighted by molar-refractivity contribution is 0.218. The quantitative estimate of drug-likeness (QED) is 0.897. The SMILES string of the molecule is Cc1cc(C)c(C(O)c2ccc(OC(C)C)cc2)c(C)c1. The molecule has 0 aliphatic rings. The molecule has 1 unspecified atom stereocenters. The highest BCUT2D eigenvalue weighted by Gasteiger charge is 2.16. The molecule has 0 spiro atoms. The van der Waals surface area contributed by atoms with E-state index in [4.69, 9.17) is 4.74 Å². The summed E-state index contributed by atoms with van der Waals surface area (Å²) in [5.41, 5.74) is 5.37. The fourth-order valence-electron chi connectivity index (χ4n) is 2.79. The molecule has 2 aromatic carbocycles.